The van der Waals surface area contributed by atoms with Crippen LogP contribution in [0.1, 0.15) is 11.1 Å². The molecule has 0 aliphatic carbocycles. The topological polar surface area (TPSA) is 45.7 Å². The SMILES string of the molecule is C=CCNC(=S)N/N=C\c1ccccc1OCc1ccc(Cl)cc1Cl. The van der Waals surface area contributed by atoms with Crippen molar-refractivity contribution in [2.45, 2.75) is 6.61 Å². The van der Waals surface area contributed by atoms with Gasteiger partial charge in [0.1, 0.15) is 12.4 Å². The highest BCUT2D eigenvalue weighted by molar-refractivity contribution is 7.80. The number of para-hydroxylation sites is 1. The molecule has 0 amide bonds. The third kappa shape index (κ3) is 6.38. The first kappa shape index (κ1) is 19.2. The summed E-state index contributed by atoms with van der Waals surface area (Å²) in [6.07, 6.45) is 3.35. The Bertz CT molecular complexity index is 781. The highest BCUT2D eigenvalue weighted by Crippen LogP contribution is 2.23. The molecule has 0 heterocycles. The van der Waals surface area contributed by atoms with Crippen molar-refractivity contribution in [1.29, 1.82) is 0 Å². The highest BCUT2D eigenvalue weighted by atomic mass is 35.5. The molecule has 0 fully saturated rings. The zero-order chi connectivity index (χ0) is 18.1. The van der Waals surface area contributed by atoms with Gasteiger partial charge in [-0.05, 0) is 36.5 Å². The molecule has 2 rings (SSSR count). The summed E-state index contributed by atoms with van der Waals surface area (Å²) in [5, 5.41) is 8.60. The molecule has 0 aliphatic rings. The van der Waals surface area contributed by atoms with E-state index < -0.39 is 0 Å². The summed E-state index contributed by atoms with van der Waals surface area (Å²) in [6.45, 7) is 4.51. The summed E-state index contributed by atoms with van der Waals surface area (Å²) in [7, 11) is 0. The van der Waals surface area contributed by atoms with Gasteiger partial charge in [-0.2, -0.15) is 5.10 Å². The first-order valence-corrected chi connectivity index (χ1v) is 8.60. The number of rotatable bonds is 7. The van der Waals surface area contributed by atoms with Crippen LogP contribution in [0.25, 0.3) is 0 Å². The van der Waals surface area contributed by atoms with Crippen LogP contribution < -0.4 is 15.5 Å². The maximum absolute atomic E-state index is 6.17. The fourth-order valence-corrected chi connectivity index (χ4v) is 2.48. The van der Waals surface area contributed by atoms with Crippen LogP contribution in [0.5, 0.6) is 5.75 Å². The Hall–Kier alpha value is -2.08. The van der Waals surface area contributed by atoms with Crippen LogP contribution in [0, 0.1) is 0 Å². The smallest absolute Gasteiger partial charge is 0.187 e. The van der Waals surface area contributed by atoms with Gasteiger partial charge in [0.05, 0.1) is 6.21 Å². The standard InChI is InChI=1S/C18H17Cl2N3OS/c1-2-9-21-18(25)23-22-11-13-5-3-4-6-17(13)24-12-14-7-8-15(19)10-16(14)20/h2-8,10-11H,1,9,12H2,(H2,21,23,25)/b22-11-. The Morgan fingerprint density at radius 3 is 2.80 bits per heavy atom. The van der Waals surface area contributed by atoms with Crippen LogP contribution in [0.2, 0.25) is 10.0 Å². The van der Waals surface area contributed by atoms with Crippen molar-refractivity contribution in [2.75, 3.05) is 6.54 Å². The number of benzene rings is 2. The number of nitrogens with one attached hydrogen (secondary N) is 2. The van der Waals surface area contributed by atoms with Crippen LogP contribution in [-0.2, 0) is 6.61 Å². The third-order valence-electron chi connectivity index (χ3n) is 3.09. The second kappa shape index (κ2) is 10.0. The van der Waals surface area contributed by atoms with Gasteiger partial charge in [-0.3, -0.25) is 5.43 Å². The average Bonchev–Trinajstić information content (AvgIpc) is 2.60. The summed E-state index contributed by atoms with van der Waals surface area (Å²) >= 11 is 17.1. The summed E-state index contributed by atoms with van der Waals surface area (Å²) < 4.78 is 5.86. The number of nitrogens with zero attached hydrogens (tertiary/aromatic N) is 1. The molecule has 0 saturated carbocycles. The minimum atomic E-state index is 0.327. The van der Waals surface area contributed by atoms with E-state index >= 15 is 0 Å². The van der Waals surface area contributed by atoms with Crippen LogP contribution in [0.15, 0.2) is 60.2 Å². The van der Waals surface area contributed by atoms with Crippen molar-refractivity contribution >= 4 is 46.7 Å². The molecule has 0 atom stereocenters. The van der Waals surface area contributed by atoms with Gasteiger partial charge < -0.3 is 10.1 Å². The van der Waals surface area contributed by atoms with Crippen molar-refractivity contribution in [3.63, 3.8) is 0 Å². The molecular formula is C18H17Cl2N3OS. The molecule has 0 radical (unpaired) electrons. The molecule has 2 aromatic carbocycles. The quantitative estimate of drug-likeness (QED) is 0.313. The maximum atomic E-state index is 6.17. The molecule has 4 nitrogen and oxygen atoms in total. The van der Waals surface area contributed by atoms with E-state index in [1.165, 1.54) is 0 Å². The fourth-order valence-electron chi connectivity index (χ4n) is 1.88. The molecule has 0 unspecified atom stereocenters. The van der Waals surface area contributed by atoms with Gasteiger partial charge >= 0.3 is 0 Å². The fraction of sp³-hybridized carbons (Fsp3) is 0.111. The minimum Gasteiger partial charge on any atom is -0.488 e. The zero-order valence-corrected chi connectivity index (χ0v) is 15.7. The van der Waals surface area contributed by atoms with Gasteiger partial charge in [-0.1, -0.05) is 47.5 Å². The Balaban J connectivity index is 2.00. The predicted octanol–water partition coefficient (Wildman–Crippen LogP) is 4.56. The van der Waals surface area contributed by atoms with Gasteiger partial charge in [0.2, 0.25) is 0 Å². The molecule has 0 spiro atoms. The maximum Gasteiger partial charge on any atom is 0.187 e. The molecule has 0 aromatic heterocycles. The first-order valence-electron chi connectivity index (χ1n) is 7.43. The molecule has 0 aliphatic heterocycles. The lowest BCUT2D eigenvalue weighted by Gasteiger charge is -2.10. The van der Waals surface area contributed by atoms with Gasteiger partial charge in [0.15, 0.2) is 5.11 Å². The monoisotopic (exact) mass is 393 g/mol. The minimum absolute atomic E-state index is 0.327. The van der Waals surface area contributed by atoms with E-state index in [0.717, 1.165) is 11.1 Å². The predicted molar refractivity (Wildman–Crippen MR) is 109 cm³/mol. The number of thiocarbonyl (C=S) groups is 1. The second-order valence-corrected chi connectivity index (χ2v) is 6.18. The average molecular weight is 394 g/mol. The lowest BCUT2D eigenvalue weighted by atomic mass is 10.2. The number of hydrogen-bond acceptors (Lipinski definition) is 3. The summed E-state index contributed by atoms with van der Waals surface area (Å²) in [4.78, 5) is 0. The molecule has 0 bridgehead atoms. The summed E-state index contributed by atoms with van der Waals surface area (Å²) in [5.41, 5.74) is 4.40. The number of hydrogen-bond donors (Lipinski definition) is 2. The molecule has 2 N–H and O–H groups in total. The first-order chi connectivity index (χ1) is 12.1. The normalized spacial score (nSPS) is 10.5. The largest absolute Gasteiger partial charge is 0.488 e. The molecule has 25 heavy (non-hydrogen) atoms. The molecule has 7 heteroatoms. The molecule has 2 aromatic rings. The van der Waals surface area contributed by atoms with Crippen LogP contribution >= 0.6 is 35.4 Å². The molecule has 130 valence electrons. The van der Waals surface area contributed by atoms with Gasteiger partial charge in [0.25, 0.3) is 0 Å². The highest BCUT2D eigenvalue weighted by Gasteiger charge is 2.05. The van der Waals surface area contributed by atoms with Crippen molar-refractivity contribution in [3.05, 3.63) is 76.3 Å². The van der Waals surface area contributed by atoms with Crippen LogP contribution in [0.4, 0.5) is 0 Å². The Kier molecular flexibility index (Phi) is 7.73. The van der Waals surface area contributed by atoms with E-state index in [-0.39, 0.29) is 0 Å². The second-order valence-electron chi connectivity index (χ2n) is 4.93. The van der Waals surface area contributed by atoms with Crippen LogP contribution in [-0.4, -0.2) is 17.9 Å². The van der Waals surface area contributed by atoms with Crippen molar-refractivity contribution in [2.24, 2.45) is 5.10 Å². The number of hydrazone groups is 1. The summed E-state index contributed by atoms with van der Waals surface area (Å²) in [6, 6.07) is 12.9. The number of halogens is 2. The van der Waals surface area contributed by atoms with E-state index in [1.807, 2.05) is 30.3 Å². The van der Waals surface area contributed by atoms with Gasteiger partial charge in [-0.15, -0.1) is 6.58 Å². The van der Waals surface area contributed by atoms with Crippen LogP contribution in [0.3, 0.4) is 0 Å². The Morgan fingerprint density at radius 2 is 2.04 bits per heavy atom. The van der Waals surface area contributed by atoms with E-state index in [4.69, 9.17) is 40.2 Å². The van der Waals surface area contributed by atoms with Gasteiger partial charge in [-0.25, -0.2) is 0 Å². The van der Waals surface area contributed by atoms with E-state index in [9.17, 15) is 0 Å². The van der Waals surface area contributed by atoms with Crippen molar-refractivity contribution in [3.8, 4) is 5.75 Å². The van der Waals surface area contributed by atoms with Crippen molar-refractivity contribution < 1.29 is 4.74 Å². The summed E-state index contributed by atoms with van der Waals surface area (Å²) in [5.74, 6) is 0.684. The molecular weight excluding hydrogens is 377 g/mol. The zero-order valence-electron chi connectivity index (χ0n) is 13.3. The van der Waals surface area contributed by atoms with Crippen molar-refractivity contribution in [1.82, 2.24) is 10.7 Å². The van der Waals surface area contributed by atoms with E-state index in [0.29, 0.717) is 34.1 Å². The lowest BCUT2D eigenvalue weighted by molar-refractivity contribution is 0.306. The van der Waals surface area contributed by atoms with E-state index in [2.05, 4.69) is 22.4 Å². The lowest BCUT2D eigenvalue weighted by Crippen LogP contribution is -2.31. The molecule has 0 saturated heterocycles. The van der Waals surface area contributed by atoms with Gasteiger partial charge in [0, 0.05) is 27.7 Å². The number of ether oxygens (including phenoxy) is 1. The Morgan fingerprint density at radius 1 is 1.24 bits per heavy atom. The third-order valence-corrected chi connectivity index (χ3v) is 3.92. The van der Waals surface area contributed by atoms with E-state index in [1.54, 1.807) is 24.4 Å². The Labute approximate surface area is 162 Å².